The lowest BCUT2D eigenvalue weighted by Crippen LogP contribution is -2.30. The number of halogens is 2. The minimum absolute atomic E-state index is 0. The maximum atomic E-state index is 15.7. The van der Waals surface area contributed by atoms with Crippen LogP contribution in [-0.2, 0) is 25.9 Å². The summed E-state index contributed by atoms with van der Waals surface area (Å²) >= 11 is 0. The minimum atomic E-state index is -1.09. The van der Waals surface area contributed by atoms with Gasteiger partial charge in [-0.25, -0.2) is 13.6 Å². The highest BCUT2D eigenvalue weighted by molar-refractivity contribution is 6.00. The molecule has 10 nitrogen and oxygen atoms in total. The average molecular weight is 1050 g/mol. The fraction of sp³-hybridized carbons (Fsp3) is 0.212. The first-order valence-corrected chi connectivity index (χ1v) is 25.6. The molecule has 0 unspecified atom stereocenters. The summed E-state index contributed by atoms with van der Waals surface area (Å²) < 4.78 is 31.4. The molecule has 0 saturated carbocycles. The molecule has 12 heteroatoms. The molecule has 2 atom stereocenters. The van der Waals surface area contributed by atoms with Crippen LogP contribution in [-0.4, -0.2) is 41.9 Å². The Balaban J connectivity index is 0.000000220. The standard InChI is InChI=1S/C32H30FN3O2.C32H29FN2O3.2CH4/c1-21(22-9-3-2-4-10-22)35-32(38)24-16-17-29-23(19-24)12-8-18-36(29)20-25-11-7-15-27(30(25)33)26-13-5-6-14-28(26)31(34)37;1-21(22-9-3-2-4-10-22)34-31(36)24-16-17-29-23(19-24)12-8-18-35(29)20-25-11-7-15-27(30(25)33)26-13-5-6-14-28(26)32(37)38;;/h2-7,9-11,13-17,19,21H,8,12,18,20H2,1H3,(H2,34,37)(H,35,38);2-7,9-11,13-17,19,21H,8,12,18,20H2,1H3,(H,34,36)(H,37,38);2*1H4/t2*21-;;/m00../s1. The summed E-state index contributed by atoms with van der Waals surface area (Å²) in [5, 5.41) is 15.7. The van der Waals surface area contributed by atoms with Crippen molar-refractivity contribution in [3.63, 3.8) is 0 Å². The van der Waals surface area contributed by atoms with Crippen LogP contribution in [0.15, 0.2) is 182 Å². The van der Waals surface area contributed by atoms with E-state index in [4.69, 9.17) is 5.73 Å². The lowest BCUT2D eigenvalue weighted by Gasteiger charge is -2.32. The molecule has 2 aliphatic heterocycles. The SMILES string of the molecule is C.C.C[C@H](NC(=O)c1ccc2c(c1)CCCN2Cc1cccc(-c2ccccc2C(=O)O)c1F)c1ccccc1.C[C@H](NC(=O)c1ccc2c(c1)CCCN2Cc1cccc(-c2ccccc2C(N)=O)c1F)c1ccccc1. The molecule has 2 heterocycles. The number of nitrogens with one attached hydrogen (secondary N) is 2. The van der Waals surface area contributed by atoms with E-state index in [1.165, 1.54) is 6.07 Å². The minimum Gasteiger partial charge on any atom is -0.478 e. The van der Waals surface area contributed by atoms with Gasteiger partial charge in [0.25, 0.3) is 11.8 Å². The number of benzene rings is 8. The lowest BCUT2D eigenvalue weighted by atomic mass is 9.95. The van der Waals surface area contributed by atoms with Crippen LogP contribution < -0.4 is 26.2 Å². The molecule has 3 amide bonds. The topological polar surface area (TPSA) is 145 Å². The fourth-order valence-electron chi connectivity index (χ4n) is 10.2. The van der Waals surface area contributed by atoms with Crippen LogP contribution in [0.4, 0.5) is 20.2 Å². The quantitative estimate of drug-likeness (QED) is 0.0848. The van der Waals surface area contributed by atoms with E-state index in [0.29, 0.717) is 57.6 Å². The van der Waals surface area contributed by atoms with Crippen molar-refractivity contribution in [2.75, 3.05) is 22.9 Å². The molecule has 10 rings (SSSR count). The first-order valence-electron chi connectivity index (χ1n) is 25.6. The third-order valence-electron chi connectivity index (χ3n) is 14.2. The molecule has 2 aliphatic rings. The predicted molar refractivity (Wildman–Crippen MR) is 309 cm³/mol. The zero-order valence-corrected chi connectivity index (χ0v) is 42.4. The van der Waals surface area contributed by atoms with Crippen molar-refractivity contribution < 1.29 is 33.1 Å². The van der Waals surface area contributed by atoms with Crippen LogP contribution in [0, 0.1) is 11.6 Å². The Morgan fingerprint density at radius 1 is 0.513 bits per heavy atom. The van der Waals surface area contributed by atoms with Crippen molar-refractivity contribution in [2.45, 2.75) is 79.6 Å². The van der Waals surface area contributed by atoms with Gasteiger partial charge in [0, 0.05) is 76.5 Å². The first-order chi connectivity index (χ1) is 36.8. The first kappa shape index (κ1) is 56.8. The Morgan fingerprint density at radius 3 is 1.32 bits per heavy atom. The van der Waals surface area contributed by atoms with E-state index in [9.17, 15) is 24.3 Å². The number of carbonyl (C=O) groups excluding carboxylic acids is 3. The van der Waals surface area contributed by atoms with Crippen molar-refractivity contribution in [1.29, 1.82) is 0 Å². The summed E-state index contributed by atoms with van der Waals surface area (Å²) in [5.74, 6) is -2.70. The van der Waals surface area contributed by atoms with Gasteiger partial charge in [-0.1, -0.05) is 148 Å². The maximum Gasteiger partial charge on any atom is 0.336 e. The van der Waals surface area contributed by atoms with Gasteiger partial charge in [-0.15, -0.1) is 0 Å². The zero-order valence-electron chi connectivity index (χ0n) is 42.4. The summed E-state index contributed by atoms with van der Waals surface area (Å²) in [7, 11) is 0. The summed E-state index contributed by atoms with van der Waals surface area (Å²) in [4.78, 5) is 53.8. The molecular formula is C66H67F2N5O5. The van der Waals surface area contributed by atoms with Crippen LogP contribution in [0.5, 0.6) is 0 Å². The number of hydrogen-bond donors (Lipinski definition) is 4. The second-order valence-electron chi connectivity index (χ2n) is 19.3. The number of primary amides is 1. The maximum absolute atomic E-state index is 15.7. The van der Waals surface area contributed by atoms with Gasteiger partial charge in [0.1, 0.15) is 11.6 Å². The highest BCUT2D eigenvalue weighted by Gasteiger charge is 2.25. The Hall–Kier alpha value is -8.90. The van der Waals surface area contributed by atoms with E-state index in [1.807, 2.05) is 111 Å². The average Bonchev–Trinajstić information content (AvgIpc) is 3.50. The van der Waals surface area contributed by atoms with Gasteiger partial charge in [0.2, 0.25) is 5.91 Å². The van der Waals surface area contributed by atoms with E-state index in [-0.39, 0.29) is 55.7 Å². The Kier molecular flexibility index (Phi) is 18.8. The number of anilines is 2. The third-order valence-corrected chi connectivity index (χ3v) is 14.2. The van der Waals surface area contributed by atoms with Gasteiger partial charge in [-0.3, -0.25) is 14.4 Å². The molecule has 0 aliphatic carbocycles. The molecule has 0 fully saturated rings. The van der Waals surface area contributed by atoms with Crippen LogP contribution in [0.3, 0.4) is 0 Å². The molecule has 0 aromatic heterocycles. The molecule has 78 heavy (non-hydrogen) atoms. The Morgan fingerprint density at radius 2 is 0.897 bits per heavy atom. The van der Waals surface area contributed by atoms with Crippen molar-refractivity contribution in [2.24, 2.45) is 5.73 Å². The molecular weight excluding hydrogens is 981 g/mol. The van der Waals surface area contributed by atoms with Crippen molar-refractivity contribution in [3.05, 3.63) is 249 Å². The summed E-state index contributed by atoms with van der Waals surface area (Å²) in [6, 6.07) is 54.6. The number of amides is 3. The van der Waals surface area contributed by atoms with Gasteiger partial charge < -0.3 is 31.3 Å². The zero-order chi connectivity index (χ0) is 53.3. The Bertz CT molecular complexity index is 3200. The van der Waals surface area contributed by atoms with Crippen molar-refractivity contribution >= 4 is 35.1 Å². The van der Waals surface area contributed by atoms with E-state index in [2.05, 4.69) is 20.4 Å². The van der Waals surface area contributed by atoms with E-state index >= 15 is 8.78 Å². The second-order valence-corrected chi connectivity index (χ2v) is 19.3. The number of fused-ring (bicyclic) bond motifs is 2. The van der Waals surface area contributed by atoms with Crippen LogP contribution >= 0.6 is 0 Å². The van der Waals surface area contributed by atoms with E-state index in [1.54, 1.807) is 78.9 Å². The largest absolute Gasteiger partial charge is 0.478 e. The highest BCUT2D eigenvalue weighted by Crippen LogP contribution is 2.35. The monoisotopic (exact) mass is 1050 g/mol. The summed E-state index contributed by atoms with van der Waals surface area (Å²) in [6.07, 6.45) is 3.50. The second kappa shape index (κ2) is 25.8. The van der Waals surface area contributed by atoms with Gasteiger partial charge in [-0.05, 0) is 121 Å². The van der Waals surface area contributed by atoms with Crippen molar-refractivity contribution in [1.82, 2.24) is 10.6 Å². The molecule has 0 saturated heterocycles. The third kappa shape index (κ3) is 12.8. The van der Waals surface area contributed by atoms with E-state index < -0.39 is 17.7 Å². The van der Waals surface area contributed by atoms with Crippen molar-refractivity contribution in [3.8, 4) is 22.3 Å². The lowest BCUT2D eigenvalue weighted by molar-refractivity contribution is 0.0696. The molecule has 0 bridgehead atoms. The molecule has 0 spiro atoms. The van der Waals surface area contributed by atoms with Crippen LogP contribution in [0.25, 0.3) is 22.3 Å². The molecule has 0 radical (unpaired) electrons. The number of aromatic carboxylic acids is 1. The molecule has 8 aromatic rings. The molecule has 400 valence electrons. The van der Waals surface area contributed by atoms with Crippen LogP contribution in [0.2, 0.25) is 0 Å². The summed E-state index contributed by atoms with van der Waals surface area (Å²) in [6.45, 7) is 6.20. The van der Waals surface area contributed by atoms with Gasteiger partial charge >= 0.3 is 5.97 Å². The molecule has 8 aromatic carbocycles. The smallest absolute Gasteiger partial charge is 0.336 e. The number of nitrogens with zero attached hydrogens (tertiary/aromatic N) is 2. The number of rotatable bonds is 14. The number of aryl methyl sites for hydroxylation is 2. The normalized spacial score (nSPS) is 13.1. The number of carboxylic acid groups (broad SMARTS) is 1. The predicted octanol–water partition coefficient (Wildman–Crippen LogP) is 13.9. The number of carbonyl (C=O) groups is 4. The molecule has 5 N–H and O–H groups in total. The van der Waals surface area contributed by atoms with Crippen LogP contribution in [0.1, 0.15) is 128 Å². The van der Waals surface area contributed by atoms with Gasteiger partial charge in [0.05, 0.1) is 17.6 Å². The number of hydrogen-bond acceptors (Lipinski definition) is 6. The van der Waals surface area contributed by atoms with E-state index in [0.717, 1.165) is 72.4 Å². The number of nitrogens with two attached hydrogens (primary N) is 1. The summed E-state index contributed by atoms with van der Waals surface area (Å²) in [5.41, 5.74) is 15.8. The highest BCUT2D eigenvalue weighted by atomic mass is 19.1. The number of carboxylic acids is 1. The fourth-order valence-corrected chi connectivity index (χ4v) is 10.2. The van der Waals surface area contributed by atoms with Gasteiger partial charge in [0.15, 0.2) is 0 Å². The van der Waals surface area contributed by atoms with Gasteiger partial charge in [-0.2, -0.15) is 0 Å². The Labute approximate surface area is 456 Å².